The molecule has 3 rings (SSSR count). The normalized spacial score (nSPS) is 10.5. The number of benzene rings is 1. The number of thiophene rings is 1. The number of rotatable bonds is 4. The van der Waals surface area contributed by atoms with Gasteiger partial charge in [-0.25, -0.2) is 13.8 Å². The lowest BCUT2D eigenvalue weighted by Gasteiger charge is -2.06. The van der Waals surface area contributed by atoms with E-state index in [1.165, 1.54) is 23.7 Å². The lowest BCUT2D eigenvalue weighted by Crippen LogP contribution is -2.35. The van der Waals surface area contributed by atoms with E-state index < -0.39 is 29.1 Å². The van der Waals surface area contributed by atoms with Crippen LogP contribution in [0, 0.1) is 11.6 Å². The minimum Gasteiger partial charge on any atom is -0.443 e. The number of nitrogens with zero attached hydrogens (tertiary/aromatic N) is 1. The highest BCUT2D eigenvalue weighted by Gasteiger charge is 2.17. The van der Waals surface area contributed by atoms with Gasteiger partial charge in [-0.15, -0.1) is 11.3 Å². The van der Waals surface area contributed by atoms with Crippen molar-refractivity contribution >= 4 is 28.8 Å². The first kappa shape index (κ1) is 16.8. The highest BCUT2D eigenvalue weighted by Crippen LogP contribution is 2.23. The Hall–Kier alpha value is -3.07. The molecule has 0 spiro atoms. The molecule has 2 amide bonds. The number of oxazole rings is 1. The minimum absolute atomic E-state index is 0.0488. The van der Waals surface area contributed by atoms with Gasteiger partial charge in [0.05, 0.1) is 22.8 Å². The highest BCUT2D eigenvalue weighted by molar-refractivity contribution is 7.13. The number of halogens is 2. The highest BCUT2D eigenvalue weighted by atomic mass is 32.1. The average molecular weight is 363 g/mol. The zero-order valence-corrected chi connectivity index (χ0v) is 13.4. The van der Waals surface area contributed by atoms with Crippen LogP contribution >= 0.6 is 11.3 Å². The van der Waals surface area contributed by atoms with Gasteiger partial charge in [0.1, 0.15) is 6.26 Å². The second-order valence-corrected chi connectivity index (χ2v) is 5.81. The van der Waals surface area contributed by atoms with E-state index in [9.17, 15) is 18.4 Å². The fraction of sp³-hybridized carbons (Fsp3) is 0.0625. The second kappa shape index (κ2) is 7.22. The van der Waals surface area contributed by atoms with Crippen molar-refractivity contribution in [2.75, 3.05) is 5.32 Å². The van der Waals surface area contributed by atoms with Gasteiger partial charge in [-0.2, -0.15) is 0 Å². The predicted molar refractivity (Wildman–Crippen MR) is 86.7 cm³/mol. The second-order valence-electron chi connectivity index (χ2n) is 4.86. The Labute approximate surface area is 144 Å². The third-order valence-corrected chi connectivity index (χ3v) is 3.98. The van der Waals surface area contributed by atoms with Crippen LogP contribution < -0.4 is 10.6 Å². The van der Waals surface area contributed by atoms with E-state index in [0.717, 1.165) is 17.0 Å². The third kappa shape index (κ3) is 3.89. The molecule has 0 aliphatic heterocycles. The third-order valence-electron chi connectivity index (χ3n) is 3.12. The summed E-state index contributed by atoms with van der Waals surface area (Å²) in [4.78, 5) is 28.5. The first-order chi connectivity index (χ1) is 12.0. The first-order valence-corrected chi connectivity index (χ1v) is 7.94. The van der Waals surface area contributed by atoms with Gasteiger partial charge in [0, 0.05) is 0 Å². The van der Waals surface area contributed by atoms with Crippen LogP contribution in [0.25, 0.3) is 10.8 Å². The van der Waals surface area contributed by atoms with Crippen molar-refractivity contribution in [1.82, 2.24) is 10.3 Å². The summed E-state index contributed by atoms with van der Waals surface area (Å²) in [7, 11) is 0. The molecule has 128 valence electrons. The molecule has 0 unspecified atom stereocenters. The van der Waals surface area contributed by atoms with Crippen molar-refractivity contribution in [2.24, 2.45) is 0 Å². The molecule has 25 heavy (non-hydrogen) atoms. The summed E-state index contributed by atoms with van der Waals surface area (Å²) in [5, 5.41) is 6.20. The number of hydrogen-bond acceptors (Lipinski definition) is 5. The molecule has 3 aromatic rings. The maximum Gasteiger partial charge on any atom is 0.313 e. The van der Waals surface area contributed by atoms with E-state index in [1.54, 1.807) is 0 Å². The van der Waals surface area contributed by atoms with Gasteiger partial charge in [-0.1, -0.05) is 12.1 Å². The zero-order valence-electron chi connectivity index (χ0n) is 12.6. The fourth-order valence-corrected chi connectivity index (χ4v) is 2.59. The Balaban J connectivity index is 1.57. The SMILES string of the molecule is O=C(NCc1coc(-c2cccs2)n1)C(=O)Nc1cccc(F)c1F. The Morgan fingerprint density at radius 2 is 2.00 bits per heavy atom. The summed E-state index contributed by atoms with van der Waals surface area (Å²) in [6, 6.07) is 6.95. The standard InChI is InChI=1S/C16H11F2N3O3S/c17-10-3-1-4-11(13(10)18)21-15(23)14(22)19-7-9-8-24-16(20-9)12-5-2-6-25-12/h1-6,8H,7H2,(H,19,22)(H,21,23). The zero-order chi connectivity index (χ0) is 17.8. The topological polar surface area (TPSA) is 84.2 Å². The molecule has 0 saturated carbocycles. The van der Waals surface area contributed by atoms with Crippen LogP contribution in [0.3, 0.4) is 0 Å². The number of aromatic nitrogens is 1. The quantitative estimate of drug-likeness (QED) is 0.698. The van der Waals surface area contributed by atoms with Gasteiger partial charge in [-0.3, -0.25) is 9.59 Å². The molecule has 0 saturated heterocycles. The van der Waals surface area contributed by atoms with E-state index in [2.05, 4.69) is 10.3 Å². The van der Waals surface area contributed by atoms with Crippen LogP contribution in [0.15, 0.2) is 46.4 Å². The van der Waals surface area contributed by atoms with Crippen molar-refractivity contribution in [2.45, 2.75) is 6.54 Å². The van der Waals surface area contributed by atoms with E-state index >= 15 is 0 Å². The molecule has 0 bridgehead atoms. The fourth-order valence-electron chi connectivity index (χ4n) is 1.93. The predicted octanol–water partition coefficient (Wildman–Crippen LogP) is 2.94. The maximum absolute atomic E-state index is 13.5. The lowest BCUT2D eigenvalue weighted by atomic mass is 10.3. The Morgan fingerprint density at radius 1 is 1.16 bits per heavy atom. The van der Waals surface area contributed by atoms with Crippen LogP contribution in [-0.2, 0) is 16.1 Å². The van der Waals surface area contributed by atoms with Crippen molar-refractivity contribution in [3.63, 3.8) is 0 Å². The van der Waals surface area contributed by atoms with Gasteiger partial charge in [0.2, 0.25) is 5.89 Å². The van der Waals surface area contributed by atoms with Gasteiger partial charge in [0.15, 0.2) is 11.6 Å². The molecule has 0 aliphatic carbocycles. The van der Waals surface area contributed by atoms with Crippen molar-refractivity contribution in [3.05, 3.63) is 59.3 Å². The average Bonchev–Trinajstić information content (AvgIpc) is 3.27. The molecule has 0 atom stereocenters. The molecular weight excluding hydrogens is 352 g/mol. The molecule has 1 aromatic carbocycles. The summed E-state index contributed by atoms with van der Waals surface area (Å²) in [5.74, 6) is -4.08. The number of carbonyl (C=O) groups is 2. The summed E-state index contributed by atoms with van der Waals surface area (Å²) in [6.45, 7) is -0.0488. The van der Waals surface area contributed by atoms with E-state index in [-0.39, 0.29) is 6.54 Å². The Morgan fingerprint density at radius 3 is 2.76 bits per heavy atom. The van der Waals surface area contributed by atoms with E-state index in [4.69, 9.17) is 4.42 Å². The van der Waals surface area contributed by atoms with Crippen LogP contribution in [0.4, 0.5) is 14.5 Å². The van der Waals surface area contributed by atoms with Crippen molar-refractivity contribution in [3.8, 4) is 10.8 Å². The maximum atomic E-state index is 13.5. The summed E-state index contributed by atoms with van der Waals surface area (Å²) in [6.07, 6.45) is 1.36. The molecular formula is C16H11F2N3O3S. The molecule has 0 aliphatic rings. The van der Waals surface area contributed by atoms with Crippen LogP contribution in [0.2, 0.25) is 0 Å². The van der Waals surface area contributed by atoms with Gasteiger partial charge in [-0.05, 0) is 23.6 Å². The smallest absolute Gasteiger partial charge is 0.313 e. The summed E-state index contributed by atoms with van der Waals surface area (Å²) < 4.78 is 31.8. The number of hydrogen-bond donors (Lipinski definition) is 2. The molecule has 0 radical (unpaired) electrons. The van der Waals surface area contributed by atoms with E-state index in [1.807, 2.05) is 22.8 Å². The summed E-state index contributed by atoms with van der Waals surface area (Å²) in [5.41, 5.74) is 0.00283. The van der Waals surface area contributed by atoms with Gasteiger partial charge < -0.3 is 15.1 Å². The van der Waals surface area contributed by atoms with Gasteiger partial charge in [0.25, 0.3) is 0 Å². The van der Waals surface area contributed by atoms with Crippen LogP contribution in [0.1, 0.15) is 5.69 Å². The molecule has 2 aromatic heterocycles. The lowest BCUT2D eigenvalue weighted by molar-refractivity contribution is -0.136. The van der Waals surface area contributed by atoms with Gasteiger partial charge >= 0.3 is 11.8 Å². The monoisotopic (exact) mass is 363 g/mol. The minimum atomic E-state index is -1.24. The summed E-state index contributed by atoms with van der Waals surface area (Å²) >= 11 is 1.45. The largest absolute Gasteiger partial charge is 0.443 e. The van der Waals surface area contributed by atoms with Crippen LogP contribution in [0.5, 0.6) is 0 Å². The molecule has 2 N–H and O–H groups in total. The van der Waals surface area contributed by atoms with Crippen LogP contribution in [-0.4, -0.2) is 16.8 Å². The molecule has 6 nitrogen and oxygen atoms in total. The number of carbonyl (C=O) groups excluding carboxylic acids is 2. The van der Waals surface area contributed by atoms with Crippen molar-refractivity contribution < 1.29 is 22.8 Å². The van der Waals surface area contributed by atoms with Crippen molar-refractivity contribution in [1.29, 1.82) is 0 Å². The van der Waals surface area contributed by atoms with E-state index in [0.29, 0.717) is 11.6 Å². The molecule has 2 heterocycles. The Bertz CT molecular complexity index is 909. The first-order valence-electron chi connectivity index (χ1n) is 7.06. The molecule has 9 heteroatoms. The number of amides is 2. The number of anilines is 1. The number of nitrogens with one attached hydrogen (secondary N) is 2. The molecule has 0 fully saturated rings. The Kier molecular flexibility index (Phi) is 4.85.